The molecule has 6 nitrogen and oxygen atoms in total. The molecule has 0 aliphatic rings. The molecule has 0 fully saturated rings. The molecule has 1 aromatic carbocycles. The molecule has 0 aliphatic carbocycles. The third-order valence-corrected chi connectivity index (χ3v) is 2.71. The highest BCUT2D eigenvalue weighted by atomic mass is 35.5. The van der Waals surface area contributed by atoms with E-state index in [-0.39, 0.29) is 5.02 Å². The first-order valence-corrected chi connectivity index (χ1v) is 6.48. The van der Waals surface area contributed by atoms with Gasteiger partial charge in [0.25, 0.3) is 5.91 Å². The summed E-state index contributed by atoms with van der Waals surface area (Å²) in [5, 5.41) is 4.19. The molecule has 0 aliphatic heterocycles. The summed E-state index contributed by atoms with van der Waals surface area (Å²) in [7, 11) is 0. The van der Waals surface area contributed by atoms with Gasteiger partial charge in [-0.1, -0.05) is 17.7 Å². The van der Waals surface area contributed by atoms with Crippen molar-refractivity contribution >= 4 is 29.5 Å². The number of hydrogen-bond acceptors (Lipinski definition) is 4. The Hall–Kier alpha value is -2.15. The largest absolute Gasteiger partial charge is 0.449 e. The number of urea groups is 1. The molecule has 114 valence electrons. The molecule has 1 rings (SSSR count). The van der Waals surface area contributed by atoms with Crippen molar-refractivity contribution in [3.8, 4) is 0 Å². The van der Waals surface area contributed by atoms with Gasteiger partial charge in [0.2, 0.25) is 0 Å². The number of benzene rings is 1. The lowest BCUT2D eigenvalue weighted by Gasteiger charge is -2.13. The Morgan fingerprint density at radius 1 is 1.38 bits per heavy atom. The van der Waals surface area contributed by atoms with Gasteiger partial charge in [-0.2, -0.15) is 0 Å². The van der Waals surface area contributed by atoms with E-state index in [1.807, 2.05) is 5.32 Å². The van der Waals surface area contributed by atoms with Crippen LogP contribution in [0.3, 0.4) is 0 Å². The number of hydrogen-bond donors (Lipinski definition) is 2. The Kier molecular flexibility index (Phi) is 6.10. The van der Waals surface area contributed by atoms with Crippen LogP contribution in [0.5, 0.6) is 0 Å². The maximum Gasteiger partial charge on any atom is 0.343 e. The summed E-state index contributed by atoms with van der Waals surface area (Å²) in [5.41, 5.74) is -0.461. The monoisotopic (exact) mass is 316 g/mol. The van der Waals surface area contributed by atoms with Crippen LogP contribution in [0.4, 0.5) is 9.18 Å². The van der Waals surface area contributed by atoms with Crippen molar-refractivity contribution in [1.82, 2.24) is 10.6 Å². The van der Waals surface area contributed by atoms with Crippen LogP contribution in [0.15, 0.2) is 18.2 Å². The molecule has 0 aromatic heterocycles. The fourth-order valence-electron chi connectivity index (χ4n) is 1.38. The molecule has 0 radical (unpaired) electrons. The average molecular weight is 317 g/mol. The summed E-state index contributed by atoms with van der Waals surface area (Å²) in [6, 6.07) is 2.98. The van der Waals surface area contributed by atoms with Crippen LogP contribution in [0.2, 0.25) is 5.02 Å². The summed E-state index contributed by atoms with van der Waals surface area (Å²) in [6.07, 6.45) is -1.28. The first-order valence-electron chi connectivity index (χ1n) is 6.10. The standard InChI is InChI=1S/C13H14ClFN2O4/c1-3-16-13(20)17-11(18)7(2)21-12(19)10-8(14)5-4-6-9(10)15/h4-7H,3H2,1-2H3,(H2,16,17,18,20)/t7-/m1/s1. The lowest BCUT2D eigenvalue weighted by atomic mass is 10.2. The van der Waals surface area contributed by atoms with Crippen LogP contribution in [0.25, 0.3) is 0 Å². The second-order valence-electron chi connectivity index (χ2n) is 3.99. The summed E-state index contributed by atoms with van der Waals surface area (Å²) in [5.74, 6) is -2.78. The molecule has 21 heavy (non-hydrogen) atoms. The summed E-state index contributed by atoms with van der Waals surface area (Å²) in [6.45, 7) is 3.26. The molecule has 8 heteroatoms. The van der Waals surface area contributed by atoms with Crippen LogP contribution in [0.1, 0.15) is 24.2 Å². The highest BCUT2D eigenvalue weighted by Crippen LogP contribution is 2.20. The van der Waals surface area contributed by atoms with Gasteiger partial charge in [0.15, 0.2) is 6.10 Å². The molecule has 0 bridgehead atoms. The zero-order chi connectivity index (χ0) is 16.0. The van der Waals surface area contributed by atoms with Crippen LogP contribution in [0, 0.1) is 5.82 Å². The number of esters is 1. The van der Waals surface area contributed by atoms with Gasteiger partial charge in [0, 0.05) is 6.54 Å². The summed E-state index contributed by atoms with van der Waals surface area (Å²) in [4.78, 5) is 34.5. The van der Waals surface area contributed by atoms with Gasteiger partial charge in [-0.25, -0.2) is 14.0 Å². The van der Waals surface area contributed by atoms with Gasteiger partial charge in [0.05, 0.1) is 5.02 Å². The fraction of sp³-hybridized carbons (Fsp3) is 0.308. The second kappa shape index (κ2) is 7.58. The number of rotatable bonds is 4. The minimum absolute atomic E-state index is 0.128. The maximum atomic E-state index is 13.5. The minimum atomic E-state index is -1.28. The number of carbonyl (C=O) groups excluding carboxylic acids is 3. The van der Waals surface area contributed by atoms with E-state index in [1.54, 1.807) is 6.92 Å². The number of ether oxygens (including phenoxy) is 1. The lowest BCUT2D eigenvalue weighted by Crippen LogP contribution is -2.44. The Bertz CT molecular complexity index is 545. The topological polar surface area (TPSA) is 84.5 Å². The third kappa shape index (κ3) is 4.71. The van der Waals surface area contributed by atoms with Crippen molar-refractivity contribution in [2.45, 2.75) is 20.0 Å². The van der Waals surface area contributed by atoms with Gasteiger partial charge in [0.1, 0.15) is 11.4 Å². The normalized spacial score (nSPS) is 11.4. The Morgan fingerprint density at radius 3 is 2.62 bits per heavy atom. The van der Waals surface area contributed by atoms with Crippen LogP contribution < -0.4 is 10.6 Å². The van der Waals surface area contributed by atoms with E-state index in [0.717, 1.165) is 6.07 Å². The van der Waals surface area contributed by atoms with E-state index in [2.05, 4.69) is 5.32 Å². The quantitative estimate of drug-likeness (QED) is 0.831. The molecule has 3 amide bonds. The number of amides is 3. The highest BCUT2D eigenvalue weighted by molar-refractivity contribution is 6.33. The molecule has 1 aromatic rings. The predicted molar refractivity (Wildman–Crippen MR) is 73.5 cm³/mol. The van der Waals surface area contributed by atoms with E-state index in [9.17, 15) is 18.8 Å². The van der Waals surface area contributed by atoms with E-state index in [1.165, 1.54) is 19.1 Å². The first kappa shape index (κ1) is 16.9. The van der Waals surface area contributed by atoms with E-state index < -0.39 is 35.4 Å². The predicted octanol–water partition coefficient (Wildman–Crippen LogP) is 1.87. The molecule has 1 atom stereocenters. The number of halogens is 2. The molecule has 0 unspecified atom stereocenters. The average Bonchev–Trinajstić information content (AvgIpc) is 2.38. The van der Waals surface area contributed by atoms with Crippen LogP contribution >= 0.6 is 11.6 Å². The van der Waals surface area contributed by atoms with Gasteiger partial charge in [-0.15, -0.1) is 0 Å². The van der Waals surface area contributed by atoms with E-state index >= 15 is 0 Å². The second-order valence-corrected chi connectivity index (χ2v) is 4.40. The molecule has 2 N–H and O–H groups in total. The molecule has 0 spiro atoms. The molecule has 0 saturated heterocycles. The van der Waals surface area contributed by atoms with Crippen molar-refractivity contribution in [1.29, 1.82) is 0 Å². The van der Waals surface area contributed by atoms with E-state index in [4.69, 9.17) is 16.3 Å². The highest BCUT2D eigenvalue weighted by Gasteiger charge is 2.24. The van der Waals surface area contributed by atoms with Crippen molar-refractivity contribution in [2.75, 3.05) is 6.54 Å². The molecule has 0 saturated carbocycles. The smallest absolute Gasteiger partial charge is 0.343 e. The zero-order valence-corrected chi connectivity index (χ0v) is 12.2. The molecule has 0 heterocycles. The zero-order valence-electron chi connectivity index (χ0n) is 11.4. The minimum Gasteiger partial charge on any atom is -0.449 e. The number of nitrogens with one attached hydrogen (secondary N) is 2. The molecular formula is C13H14ClFN2O4. The third-order valence-electron chi connectivity index (χ3n) is 2.39. The Labute approximate surface area is 125 Å². The molecular weight excluding hydrogens is 303 g/mol. The SMILES string of the molecule is CCNC(=O)NC(=O)[C@@H](C)OC(=O)c1c(F)cccc1Cl. The summed E-state index contributed by atoms with van der Waals surface area (Å²) < 4.78 is 18.3. The van der Waals surface area contributed by atoms with Gasteiger partial charge < -0.3 is 10.1 Å². The number of carbonyl (C=O) groups is 3. The van der Waals surface area contributed by atoms with E-state index in [0.29, 0.717) is 6.54 Å². The van der Waals surface area contributed by atoms with Gasteiger partial charge in [-0.3, -0.25) is 10.1 Å². The lowest BCUT2D eigenvalue weighted by molar-refractivity contribution is -0.127. The Morgan fingerprint density at radius 2 is 2.05 bits per heavy atom. The van der Waals surface area contributed by atoms with Crippen LogP contribution in [-0.4, -0.2) is 30.6 Å². The van der Waals surface area contributed by atoms with Crippen molar-refractivity contribution in [3.63, 3.8) is 0 Å². The Balaban J connectivity index is 2.70. The fourth-order valence-corrected chi connectivity index (χ4v) is 1.62. The number of imide groups is 1. The maximum absolute atomic E-state index is 13.5. The van der Waals surface area contributed by atoms with Crippen molar-refractivity contribution < 1.29 is 23.5 Å². The van der Waals surface area contributed by atoms with Crippen LogP contribution in [-0.2, 0) is 9.53 Å². The van der Waals surface area contributed by atoms with Gasteiger partial charge >= 0.3 is 12.0 Å². The van der Waals surface area contributed by atoms with Gasteiger partial charge in [-0.05, 0) is 26.0 Å². The van der Waals surface area contributed by atoms with Crippen molar-refractivity contribution in [2.24, 2.45) is 0 Å². The summed E-state index contributed by atoms with van der Waals surface area (Å²) >= 11 is 5.71. The van der Waals surface area contributed by atoms with Crippen molar-refractivity contribution in [3.05, 3.63) is 34.6 Å². The first-order chi connectivity index (χ1) is 9.86.